The molecule has 0 amide bonds. The molecule has 2 rings (SSSR count). The number of aromatic nitrogens is 1. The van der Waals surface area contributed by atoms with E-state index in [2.05, 4.69) is 31.8 Å². The van der Waals surface area contributed by atoms with Gasteiger partial charge in [0, 0.05) is 4.88 Å². The number of benzene rings is 1. The molecule has 0 bridgehead atoms. The first kappa shape index (κ1) is 12.1. The Morgan fingerprint density at radius 2 is 1.94 bits per heavy atom. The molecule has 0 spiro atoms. The van der Waals surface area contributed by atoms with E-state index in [1.807, 2.05) is 19.1 Å². The van der Waals surface area contributed by atoms with Gasteiger partial charge in [-0.05, 0) is 44.9 Å². The van der Waals surface area contributed by atoms with Gasteiger partial charge < -0.3 is 4.74 Å². The normalized spacial score (nSPS) is 10.6. The molecule has 0 aliphatic heterocycles. The lowest BCUT2D eigenvalue weighted by Gasteiger charge is -2.09. The van der Waals surface area contributed by atoms with Crippen LogP contribution in [-0.4, -0.2) is 4.98 Å². The van der Waals surface area contributed by atoms with Gasteiger partial charge in [0.2, 0.25) is 0 Å². The van der Waals surface area contributed by atoms with Crippen molar-refractivity contribution < 1.29 is 4.74 Å². The van der Waals surface area contributed by atoms with E-state index in [4.69, 9.17) is 4.74 Å². The fourth-order valence-electron chi connectivity index (χ4n) is 1.62. The van der Waals surface area contributed by atoms with Crippen molar-refractivity contribution in [3.63, 3.8) is 0 Å². The van der Waals surface area contributed by atoms with Crippen LogP contribution >= 0.6 is 11.3 Å². The van der Waals surface area contributed by atoms with Crippen LogP contribution in [0.4, 0.5) is 0 Å². The summed E-state index contributed by atoms with van der Waals surface area (Å²) in [6, 6.07) is 6.13. The van der Waals surface area contributed by atoms with Gasteiger partial charge in [0.25, 0.3) is 0 Å². The van der Waals surface area contributed by atoms with Crippen LogP contribution in [0.1, 0.15) is 26.7 Å². The van der Waals surface area contributed by atoms with Crippen molar-refractivity contribution in [1.82, 2.24) is 4.98 Å². The molecule has 0 atom stereocenters. The summed E-state index contributed by atoms with van der Waals surface area (Å²) in [7, 11) is 0. The molecular weight excluding hydrogens is 230 g/mol. The van der Waals surface area contributed by atoms with E-state index < -0.39 is 0 Å². The summed E-state index contributed by atoms with van der Waals surface area (Å²) in [6.45, 7) is 8.87. The number of ether oxygens (including phenoxy) is 1. The predicted molar refractivity (Wildman–Crippen MR) is 71.8 cm³/mol. The molecule has 0 N–H and O–H groups in total. The summed E-state index contributed by atoms with van der Waals surface area (Å²) >= 11 is 1.71. The van der Waals surface area contributed by atoms with Crippen molar-refractivity contribution in [2.45, 2.75) is 34.3 Å². The first-order valence-electron chi connectivity index (χ1n) is 5.70. The summed E-state index contributed by atoms with van der Waals surface area (Å²) in [5.41, 5.74) is 3.57. The summed E-state index contributed by atoms with van der Waals surface area (Å²) in [5, 5.41) is 1.04. The Labute approximate surface area is 106 Å². The third-order valence-electron chi connectivity index (χ3n) is 2.98. The van der Waals surface area contributed by atoms with Gasteiger partial charge in [0.1, 0.15) is 17.4 Å². The smallest absolute Gasteiger partial charge is 0.140 e. The number of hydrogen-bond acceptors (Lipinski definition) is 3. The molecule has 0 unspecified atom stereocenters. The minimum Gasteiger partial charge on any atom is -0.486 e. The van der Waals surface area contributed by atoms with Crippen LogP contribution in [0.5, 0.6) is 5.75 Å². The molecule has 0 fully saturated rings. The largest absolute Gasteiger partial charge is 0.486 e. The average molecular weight is 247 g/mol. The number of nitrogens with zero attached hydrogens (tertiary/aromatic N) is 1. The van der Waals surface area contributed by atoms with Crippen LogP contribution < -0.4 is 4.74 Å². The van der Waals surface area contributed by atoms with Crippen molar-refractivity contribution in [2.24, 2.45) is 0 Å². The molecule has 1 aromatic heterocycles. The molecule has 1 heterocycles. The topological polar surface area (TPSA) is 22.1 Å². The lowest BCUT2D eigenvalue weighted by atomic mass is 10.1. The van der Waals surface area contributed by atoms with E-state index in [1.54, 1.807) is 11.3 Å². The molecule has 1 aromatic carbocycles. The highest BCUT2D eigenvalue weighted by atomic mass is 32.1. The second-order valence-electron chi connectivity index (χ2n) is 4.24. The summed E-state index contributed by atoms with van der Waals surface area (Å²) in [4.78, 5) is 5.74. The Morgan fingerprint density at radius 3 is 2.59 bits per heavy atom. The maximum Gasteiger partial charge on any atom is 0.140 e. The van der Waals surface area contributed by atoms with Crippen LogP contribution in [-0.2, 0) is 6.61 Å². The Kier molecular flexibility index (Phi) is 3.48. The van der Waals surface area contributed by atoms with E-state index in [-0.39, 0.29) is 0 Å². The highest BCUT2D eigenvalue weighted by molar-refractivity contribution is 7.11. The van der Waals surface area contributed by atoms with E-state index >= 15 is 0 Å². The highest BCUT2D eigenvalue weighted by Gasteiger charge is 2.06. The van der Waals surface area contributed by atoms with Crippen LogP contribution in [0.3, 0.4) is 0 Å². The van der Waals surface area contributed by atoms with Gasteiger partial charge in [0.15, 0.2) is 0 Å². The fourth-order valence-corrected chi connectivity index (χ4v) is 2.47. The number of aryl methyl sites for hydroxylation is 3. The first-order valence-corrected chi connectivity index (χ1v) is 6.51. The van der Waals surface area contributed by atoms with Crippen LogP contribution in [0.25, 0.3) is 0 Å². The second kappa shape index (κ2) is 4.88. The number of rotatable bonds is 3. The molecule has 90 valence electrons. The van der Waals surface area contributed by atoms with Gasteiger partial charge >= 0.3 is 0 Å². The Hall–Kier alpha value is -1.35. The lowest BCUT2D eigenvalue weighted by molar-refractivity contribution is 0.303. The molecule has 0 aliphatic carbocycles. The van der Waals surface area contributed by atoms with Crippen molar-refractivity contribution in [3.8, 4) is 5.75 Å². The first-order chi connectivity index (χ1) is 8.08. The quantitative estimate of drug-likeness (QED) is 0.819. The summed E-state index contributed by atoms with van der Waals surface area (Å²) in [6.07, 6.45) is 0. The van der Waals surface area contributed by atoms with Gasteiger partial charge in [-0.15, -0.1) is 11.3 Å². The standard InChI is InChI=1S/C14H17NOS/c1-9-6-5-7-13(10(9)2)16-8-14-15-11(3)12(4)17-14/h5-7H,8H2,1-4H3. The summed E-state index contributed by atoms with van der Waals surface area (Å²) < 4.78 is 5.82. The lowest BCUT2D eigenvalue weighted by Crippen LogP contribution is -1.97. The second-order valence-corrected chi connectivity index (χ2v) is 5.52. The maximum atomic E-state index is 5.82. The SMILES string of the molecule is Cc1cccc(OCc2nc(C)c(C)s2)c1C. The predicted octanol–water partition coefficient (Wildman–Crippen LogP) is 3.96. The van der Waals surface area contributed by atoms with Crippen molar-refractivity contribution >= 4 is 11.3 Å². The molecule has 0 radical (unpaired) electrons. The van der Waals surface area contributed by atoms with Gasteiger partial charge in [0.05, 0.1) is 5.69 Å². The van der Waals surface area contributed by atoms with E-state index in [0.717, 1.165) is 16.5 Å². The zero-order chi connectivity index (χ0) is 12.4. The third kappa shape index (κ3) is 2.67. The van der Waals surface area contributed by atoms with Gasteiger partial charge in [-0.1, -0.05) is 12.1 Å². The minimum absolute atomic E-state index is 0.559. The average Bonchev–Trinajstić information content (AvgIpc) is 2.61. The molecule has 3 heteroatoms. The fraction of sp³-hybridized carbons (Fsp3) is 0.357. The van der Waals surface area contributed by atoms with E-state index in [0.29, 0.717) is 6.61 Å². The molecule has 0 saturated carbocycles. The van der Waals surface area contributed by atoms with E-state index in [1.165, 1.54) is 16.0 Å². The van der Waals surface area contributed by atoms with Gasteiger partial charge in [-0.2, -0.15) is 0 Å². The van der Waals surface area contributed by atoms with Crippen molar-refractivity contribution in [3.05, 3.63) is 44.9 Å². The number of hydrogen-bond donors (Lipinski definition) is 0. The van der Waals surface area contributed by atoms with Crippen molar-refractivity contribution in [2.75, 3.05) is 0 Å². The molecule has 2 nitrogen and oxygen atoms in total. The molecule has 17 heavy (non-hydrogen) atoms. The van der Waals surface area contributed by atoms with Crippen LogP contribution in [0.15, 0.2) is 18.2 Å². The molecule has 2 aromatic rings. The highest BCUT2D eigenvalue weighted by Crippen LogP contribution is 2.23. The van der Waals surface area contributed by atoms with Crippen molar-refractivity contribution in [1.29, 1.82) is 0 Å². The van der Waals surface area contributed by atoms with Gasteiger partial charge in [-0.25, -0.2) is 4.98 Å². The molecule has 0 saturated heterocycles. The molecular formula is C14H17NOS. The monoisotopic (exact) mass is 247 g/mol. The maximum absolute atomic E-state index is 5.82. The Morgan fingerprint density at radius 1 is 1.18 bits per heavy atom. The van der Waals surface area contributed by atoms with Gasteiger partial charge in [-0.3, -0.25) is 0 Å². The molecule has 0 aliphatic rings. The zero-order valence-electron chi connectivity index (χ0n) is 10.7. The van der Waals surface area contributed by atoms with E-state index in [9.17, 15) is 0 Å². The van der Waals surface area contributed by atoms with Crippen LogP contribution in [0.2, 0.25) is 0 Å². The Balaban J connectivity index is 2.10. The Bertz CT molecular complexity index is 512. The third-order valence-corrected chi connectivity index (χ3v) is 4.03. The van der Waals surface area contributed by atoms with Crippen LogP contribution in [0, 0.1) is 27.7 Å². The minimum atomic E-state index is 0.559. The number of thiazole rings is 1. The zero-order valence-corrected chi connectivity index (χ0v) is 11.5. The summed E-state index contributed by atoms with van der Waals surface area (Å²) in [5.74, 6) is 0.954.